The number of aromatic nitrogens is 2. The second-order valence-electron chi connectivity index (χ2n) is 3.39. The van der Waals surface area contributed by atoms with Crippen molar-refractivity contribution in [1.82, 2.24) is 10.3 Å². The van der Waals surface area contributed by atoms with Crippen molar-refractivity contribution in [3.05, 3.63) is 41.0 Å². The Morgan fingerprint density at radius 1 is 1.47 bits per heavy atom. The molecule has 0 aliphatic rings. The number of hydrogen-bond donors (Lipinski definition) is 0. The van der Waals surface area contributed by atoms with E-state index in [1.807, 2.05) is 0 Å². The lowest BCUT2D eigenvalue weighted by Crippen LogP contribution is -2.00. The number of benzene rings is 1. The van der Waals surface area contributed by atoms with Crippen LogP contribution in [0.2, 0.25) is 0 Å². The third-order valence-electron chi connectivity index (χ3n) is 2.21. The minimum absolute atomic E-state index is 0.113. The van der Waals surface area contributed by atoms with Crippen molar-refractivity contribution >= 4 is 6.29 Å². The van der Waals surface area contributed by atoms with Gasteiger partial charge in [0.25, 0.3) is 0 Å². The Bertz CT molecular complexity index is 539. The predicted octanol–water partition coefficient (Wildman–Crippen LogP) is 1.91. The first kappa shape index (κ1) is 11.3. The van der Waals surface area contributed by atoms with E-state index in [2.05, 4.69) is 14.9 Å². The zero-order chi connectivity index (χ0) is 12.3. The van der Waals surface area contributed by atoms with Gasteiger partial charge in [0.1, 0.15) is 29.6 Å². The van der Waals surface area contributed by atoms with Crippen molar-refractivity contribution in [2.45, 2.75) is 13.5 Å². The van der Waals surface area contributed by atoms with Crippen LogP contribution in [0.1, 0.15) is 21.7 Å². The van der Waals surface area contributed by atoms with E-state index in [9.17, 15) is 9.18 Å². The second-order valence-corrected chi connectivity index (χ2v) is 3.39. The number of ether oxygens (including phenoxy) is 1. The summed E-state index contributed by atoms with van der Waals surface area (Å²) in [5.41, 5.74) is 1.30. The van der Waals surface area contributed by atoms with Crippen molar-refractivity contribution in [3.8, 4) is 5.75 Å². The molecule has 0 amide bonds. The molecule has 2 rings (SSSR count). The molecule has 0 aliphatic carbocycles. The van der Waals surface area contributed by atoms with Crippen LogP contribution >= 0.6 is 0 Å². The van der Waals surface area contributed by atoms with Gasteiger partial charge in [-0.15, -0.1) is 0 Å². The number of carbonyl (C=O) groups excluding carboxylic acids is 1. The van der Waals surface area contributed by atoms with Gasteiger partial charge >= 0.3 is 0 Å². The van der Waals surface area contributed by atoms with E-state index >= 15 is 0 Å². The molecule has 0 radical (unpaired) electrons. The summed E-state index contributed by atoms with van der Waals surface area (Å²) in [7, 11) is 0. The standard InChI is InChI=1S/C11H9FN2O3/c1-7-10(14-17-13-7)6-16-11-3-2-9(12)4-8(11)5-15/h2-5H,6H2,1H3. The number of rotatable bonds is 4. The summed E-state index contributed by atoms with van der Waals surface area (Å²) in [6, 6.07) is 3.72. The molecule has 2 aromatic rings. The normalized spacial score (nSPS) is 10.2. The molecule has 0 saturated carbocycles. The largest absolute Gasteiger partial charge is 0.486 e. The summed E-state index contributed by atoms with van der Waals surface area (Å²) < 4.78 is 22.7. The summed E-state index contributed by atoms with van der Waals surface area (Å²) in [5.74, 6) is -0.192. The van der Waals surface area contributed by atoms with Gasteiger partial charge in [-0.05, 0) is 25.1 Å². The van der Waals surface area contributed by atoms with Gasteiger partial charge in [-0.3, -0.25) is 4.79 Å². The van der Waals surface area contributed by atoms with Gasteiger partial charge < -0.3 is 4.74 Å². The van der Waals surface area contributed by atoms with E-state index in [-0.39, 0.29) is 12.2 Å². The number of carbonyl (C=O) groups is 1. The summed E-state index contributed by atoms with van der Waals surface area (Å²) in [4.78, 5) is 10.7. The fraction of sp³-hybridized carbons (Fsp3) is 0.182. The van der Waals surface area contributed by atoms with E-state index in [1.165, 1.54) is 12.1 Å². The van der Waals surface area contributed by atoms with Crippen LogP contribution in [0.3, 0.4) is 0 Å². The average Bonchev–Trinajstić information content (AvgIpc) is 2.73. The van der Waals surface area contributed by atoms with Gasteiger partial charge in [0.05, 0.1) is 5.56 Å². The van der Waals surface area contributed by atoms with Crippen molar-refractivity contribution in [1.29, 1.82) is 0 Å². The van der Waals surface area contributed by atoms with Gasteiger partial charge in [0, 0.05) is 0 Å². The molecule has 0 unspecified atom stereocenters. The molecular weight excluding hydrogens is 227 g/mol. The number of aldehydes is 1. The number of nitrogens with zero attached hydrogens (tertiary/aromatic N) is 2. The molecule has 0 atom stereocenters. The highest BCUT2D eigenvalue weighted by molar-refractivity contribution is 5.79. The molecule has 17 heavy (non-hydrogen) atoms. The molecule has 0 aliphatic heterocycles. The fourth-order valence-electron chi connectivity index (χ4n) is 1.27. The van der Waals surface area contributed by atoms with Gasteiger partial charge in [-0.1, -0.05) is 10.3 Å². The fourth-order valence-corrected chi connectivity index (χ4v) is 1.27. The van der Waals surface area contributed by atoms with Crippen LogP contribution in [-0.2, 0) is 6.61 Å². The van der Waals surface area contributed by atoms with E-state index in [4.69, 9.17) is 4.74 Å². The van der Waals surface area contributed by atoms with Crippen LogP contribution in [0.25, 0.3) is 0 Å². The van der Waals surface area contributed by atoms with Crippen LogP contribution < -0.4 is 4.74 Å². The minimum atomic E-state index is -0.487. The first-order chi connectivity index (χ1) is 8.20. The first-order valence-electron chi connectivity index (χ1n) is 4.86. The molecule has 88 valence electrons. The van der Waals surface area contributed by atoms with Crippen LogP contribution in [0, 0.1) is 12.7 Å². The van der Waals surface area contributed by atoms with E-state index in [0.29, 0.717) is 23.4 Å². The SMILES string of the molecule is Cc1nonc1COc1ccc(F)cc1C=O. The predicted molar refractivity (Wildman–Crippen MR) is 55.2 cm³/mol. The number of halogens is 1. The highest BCUT2D eigenvalue weighted by Gasteiger charge is 2.09. The monoisotopic (exact) mass is 236 g/mol. The van der Waals surface area contributed by atoms with Gasteiger partial charge in [0.2, 0.25) is 0 Å². The Kier molecular flexibility index (Phi) is 3.13. The molecule has 1 aromatic heterocycles. The third kappa shape index (κ3) is 2.47. The Morgan fingerprint density at radius 2 is 2.29 bits per heavy atom. The molecular formula is C11H9FN2O3. The molecule has 5 nitrogen and oxygen atoms in total. The summed E-state index contributed by atoms with van der Waals surface area (Å²) >= 11 is 0. The molecule has 0 N–H and O–H groups in total. The zero-order valence-electron chi connectivity index (χ0n) is 9.01. The third-order valence-corrected chi connectivity index (χ3v) is 2.21. The summed E-state index contributed by atoms with van der Waals surface area (Å²) in [6.45, 7) is 1.84. The summed E-state index contributed by atoms with van der Waals surface area (Å²) in [5, 5.41) is 7.22. The molecule has 1 aromatic carbocycles. The highest BCUT2D eigenvalue weighted by atomic mass is 19.1. The molecule has 6 heteroatoms. The Labute approximate surface area is 96.2 Å². The lowest BCUT2D eigenvalue weighted by atomic mass is 10.2. The number of aryl methyl sites for hydroxylation is 1. The van der Waals surface area contributed by atoms with Crippen molar-refractivity contribution in [2.24, 2.45) is 0 Å². The Morgan fingerprint density at radius 3 is 2.94 bits per heavy atom. The Hall–Kier alpha value is -2.24. The second kappa shape index (κ2) is 4.73. The van der Waals surface area contributed by atoms with Crippen LogP contribution in [0.4, 0.5) is 4.39 Å². The van der Waals surface area contributed by atoms with Crippen LogP contribution in [0.5, 0.6) is 5.75 Å². The lowest BCUT2D eigenvalue weighted by Gasteiger charge is -2.06. The van der Waals surface area contributed by atoms with Crippen molar-refractivity contribution in [2.75, 3.05) is 0 Å². The molecule has 0 bridgehead atoms. The lowest BCUT2D eigenvalue weighted by molar-refractivity contribution is 0.111. The van der Waals surface area contributed by atoms with Crippen molar-refractivity contribution < 1.29 is 18.6 Å². The zero-order valence-corrected chi connectivity index (χ0v) is 9.01. The first-order valence-corrected chi connectivity index (χ1v) is 4.86. The maximum atomic E-state index is 12.9. The van der Waals surface area contributed by atoms with Gasteiger partial charge in [-0.25, -0.2) is 9.02 Å². The van der Waals surface area contributed by atoms with Crippen molar-refractivity contribution in [3.63, 3.8) is 0 Å². The maximum absolute atomic E-state index is 12.9. The van der Waals surface area contributed by atoms with E-state index < -0.39 is 5.82 Å². The van der Waals surface area contributed by atoms with Gasteiger partial charge in [0.15, 0.2) is 6.29 Å². The molecule has 0 saturated heterocycles. The van der Waals surface area contributed by atoms with Gasteiger partial charge in [-0.2, -0.15) is 0 Å². The van der Waals surface area contributed by atoms with E-state index in [1.54, 1.807) is 6.92 Å². The summed E-state index contributed by atoms with van der Waals surface area (Å²) in [6.07, 6.45) is 0.534. The smallest absolute Gasteiger partial charge is 0.153 e. The molecule has 0 fully saturated rings. The molecule has 1 heterocycles. The maximum Gasteiger partial charge on any atom is 0.153 e. The Balaban J connectivity index is 2.14. The number of hydrogen-bond acceptors (Lipinski definition) is 5. The topological polar surface area (TPSA) is 65.2 Å². The van der Waals surface area contributed by atoms with Crippen LogP contribution in [-0.4, -0.2) is 16.6 Å². The highest BCUT2D eigenvalue weighted by Crippen LogP contribution is 2.19. The minimum Gasteiger partial charge on any atom is -0.486 e. The van der Waals surface area contributed by atoms with Crippen LogP contribution in [0.15, 0.2) is 22.8 Å². The quantitative estimate of drug-likeness (QED) is 0.758. The molecule has 0 spiro atoms. The van der Waals surface area contributed by atoms with E-state index in [0.717, 1.165) is 6.07 Å². The average molecular weight is 236 g/mol.